The molecule has 0 bridgehead atoms. The van der Waals surface area contributed by atoms with Gasteiger partial charge >= 0.3 is 0 Å². The molecule has 18 heavy (non-hydrogen) atoms. The molecule has 1 aromatic rings. The molecule has 1 N–H and O–H groups in total. The highest BCUT2D eigenvalue weighted by atomic mass is 16.6. The van der Waals surface area contributed by atoms with Crippen LogP contribution < -0.4 is 10.0 Å². The van der Waals surface area contributed by atoms with Gasteiger partial charge in [-0.2, -0.15) is 4.73 Å². The zero-order chi connectivity index (χ0) is 13.5. The molecule has 0 aliphatic rings. The van der Waals surface area contributed by atoms with E-state index in [1.54, 1.807) is 0 Å². The van der Waals surface area contributed by atoms with Gasteiger partial charge in [0, 0.05) is 19.9 Å². The van der Waals surface area contributed by atoms with Crippen molar-refractivity contribution >= 4 is 11.6 Å². The van der Waals surface area contributed by atoms with Crippen molar-refractivity contribution < 1.29 is 14.4 Å². The highest BCUT2D eigenvalue weighted by Crippen LogP contribution is 2.13. The number of nitro groups is 1. The highest BCUT2D eigenvalue weighted by Gasteiger charge is 2.14. The van der Waals surface area contributed by atoms with Crippen LogP contribution in [0.2, 0.25) is 0 Å². The third-order valence-corrected chi connectivity index (χ3v) is 1.96. The van der Waals surface area contributed by atoms with Crippen LogP contribution in [-0.2, 0) is 4.79 Å². The van der Waals surface area contributed by atoms with Crippen LogP contribution in [0.15, 0.2) is 18.5 Å². The van der Waals surface area contributed by atoms with Gasteiger partial charge in [0.05, 0.1) is 11.0 Å². The minimum absolute atomic E-state index is 0.0559. The molecule has 7 nitrogen and oxygen atoms in total. The Labute approximate surface area is 103 Å². The third kappa shape index (κ3) is 4.09. The minimum atomic E-state index is -0.599. The molecule has 1 rings (SSSR count). The first kappa shape index (κ1) is 13.4. The number of aromatic nitrogens is 1. The second-order valence-electron chi connectivity index (χ2n) is 3.40. The van der Waals surface area contributed by atoms with E-state index in [0.717, 1.165) is 18.5 Å². The number of pyridine rings is 1. The van der Waals surface area contributed by atoms with Crippen molar-refractivity contribution in [2.45, 2.75) is 13.3 Å². The van der Waals surface area contributed by atoms with Crippen molar-refractivity contribution in [3.63, 3.8) is 0 Å². The van der Waals surface area contributed by atoms with E-state index >= 15 is 0 Å². The van der Waals surface area contributed by atoms with Gasteiger partial charge in [0.1, 0.15) is 0 Å². The van der Waals surface area contributed by atoms with Crippen LogP contribution in [0.4, 0.5) is 5.69 Å². The van der Waals surface area contributed by atoms with Crippen LogP contribution in [0, 0.1) is 27.2 Å². The molecule has 0 aromatic carbocycles. The zero-order valence-electron chi connectivity index (χ0n) is 9.67. The largest absolute Gasteiger partial charge is 0.619 e. The highest BCUT2D eigenvalue weighted by molar-refractivity contribution is 5.72. The number of nitrogens with zero attached hydrogens (tertiary/aromatic N) is 2. The molecule has 1 heterocycles. The molecule has 1 amide bonds. The third-order valence-electron chi connectivity index (χ3n) is 1.96. The van der Waals surface area contributed by atoms with Gasteiger partial charge in [-0.15, -0.1) is 0 Å². The molecular formula is C11H11N3O4. The predicted octanol–water partition coefficient (Wildman–Crippen LogP) is 0.106. The van der Waals surface area contributed by atoms with Gasteiger partial charge in [0.25, 0.3) is 5.69 Å². The summed E-state index contributed by atoms with van der Waals surface area (Å²) in [5, 5.41) is 24.2. The molecule has 0 atom stereocenters. The first-order chi connectivity index (χ1) is 8.50. The second kappa shape index (κ2) is 6.20. The maximum absolute atomic E-state index is 11.0. The number of carbonyl (C=O) groups excluding carboxylic acids is 1. The summed E-state index contributed by atoms with van der Waals surface area (Å²) in [5.41, 5.74) is -0.158. The molecule has 0 spiro atoms. The number of amides is 1. The zero-order valence-corrected chi connectivity index (χ0v) is 9.67. The van der Waals surface area contributed by atoms with Crippen molar-refractivity contribution in [1.29, 1.82) is 0 Å². The van der Waals surface area contributed by atoms with Crippen molar-refractivity contribution in [2.24, 2.45) is 0 Å². The molecule has 0 fully saturated rings. The number of hydrogen-bond donors (Lipinski definition) is 1. The Balaban J connectivity index is 2.77. The topological polar surface area (TPSA) is 99.2 Å². The van der Waals surface area contributed by atoms with Crippen LogP contribution in [0.1, 0.15) is 18.9 Å². The van der Waals surface area contributed by atoms with E-state index in [-0.39, 0.29) is 17.2 Å². The maximum Gasteiger partial charge on any atom is 0.297 e. The standard InChI is InChI=1S/C11H11N3O4/c1-9(15)12-6-3-2-4-10-8-13(16)7-5-11(10)14(17)18/h5,7-8H,3,6H2,1H3,(H,12,15). The van der Waals surface area contributed by atoms with E-state index < -0.39 is 4.92 Å². The van der Waals surface area contributed by atoms with E-state index in [1.807, 2.05) is 0 Å². The van der Waals surface area contributed by atoms with Gasteiger partial charge in [0.15, 0.2) is 11.8 Å². The summed E-state index contributed by atoms with van der Waals surface area (Å²) < 4.78 is 0.449. The normalized spacial score (nSPS) is 9.17. The van der Waals surface area contributed by atoms with Crippen molar-refractivity contribution in [3.8, 4) is 11.8 Å². The van der Waals surface area contributed by atoms with E-state index in [4.69, 9.17) is 0 Å². The Hall–Kier alpha value is -2.62. The summed E-state index contributed by atoms with van der Waals surface area (Å²) in [5.74, 6) is 5.04. The van der Waals surface area contributed by atoms with E-state index in [2.05, 4.69) is 17.2 Å². The number of nitrogens with one attached hydrogen (secondary N) is 1. The summed E-state index contributed by atoms with van der Waals surface area (Å²) in [6, 6.07) is 1.10. The first-order valence-electron chi connectivity index (χ1n) is 5.11. The van der Waals surface area contributed by atoms with E-state index in [0.29, 0.717) is 17.7 Å². The summed E-state index contributed by atoms with van der Waals surface area (Å²) in [7, 11) is 0. The summed E-state index contributed by atoms with van der Waals surface area (Å²) in [6.07, 6.45) is 2.44. The van der Waals surface area contributed by atoms with Gasteiger partial charge in [-0.1, -0.05) is 11.8 Å². The fourth-order valence-corrected chi connectivity index (χ4v) is 1.18. The lowest BCUT2D eigenvalue weighted by atomic mass is 10.2. The Morgan fingerprint density at radius 1 is 1.61 bits per heavy atom. The van der Waals surface area contributed by atoms with Crippen LogP contribution in [0.25, 0.3) is 0 Å². The Kier molecular flexibility index (Phi) is 4.63. The Bertz CT molecular complexity index is 531. The summed E-state index contributed by atoms with van der Waals surface area (Å²) in [4.78, 5) is 20.7. The van der Waals surface area contributed by atoms with Crippen molar-refractivity contribution in [1.82, 2.24) is 5.32 Å². The number of hydrogen-bond acceptors (Lipinski definition) is 4. The second-order valence-corrected chi connectivity index (χ2v) is 3.40. The van der Waals surface area contributed by atoms with Gasteiger partial charge in [-0.3, -0.25) is 14.9 Å². The van der Waals surface area contributed by atoms with Crippen LogP contribution >= 0.6 is 0 Å². The minimum Gasteiger partial charge on any atom is -0.619 e. The molecule has 1 aromatic heterocycles. The van der Waals surface area contributed by atoms with Gasteiger partial charge in [-0.25, -0.2) is 0 Å². The van der Waals surface area contributed by atoms with E-state index in [1.165, 1.54) is 6.92 Å². The fourth-order valence-electron chi connectivity index (χ4n) is 1.18. The quantitative estimate of drug-likeness (QED) is 0.205. The summed E-state index contributed by atoms with van der Waals surface area (Å²) >= 11 is 0. The molecule has 0 unspecified atom stereocenters. The SMILES string of the molecule is CC(=O)NCCC#Cc1c[n+]([O-])ccc1[N+](=O)[O-]. The van der Waals surface area contributed by atoms with E-state index in [9.17, 15) is 20.1 Å². The summed E-state index contributed by atoms with van der Waals surface area (Å²) in [6.45, 7) is 1.75. The van der Waals surface area contributed by atoms with Crippen LogP contribution in [-0.4, -0.2) is 17.4 Å². The first-order valence-corrected chi connectivity index (χ1v) is 5.11. The van der Waals surface area contributed by atoms with Gasteiger partial charge in [-0.05, 0) is 0 Å². The molecule has 0 aliphatic heterocycles. The number of carbonyl (C=O) groups is 1. The predicted molar refractivity (Wildman–Crippen MR) is 62.2 cm³/mol. The molecule has 7 heteroatoms. The molecular weight excluding hydrogens is 238 g/mol. The fraction of sp³-hybridized carbons (Fsp3) is 0.273. The molecule has 0 aliphatic carbocycles. The van der Waals surface area contributed by atoms with Gasteiger partial charge in [0.2, 0.25) is 12.1 Å². The maximum atomic E-state index is 11.0. The van der Waals surface area contributed by atoms with Crippen LogP contribution in [0.5, 0.6) is 0 Å². The lowest BCUT2D eigenvalue weighted by molar-refractivity contribution is -0.606. The Morgan fingerprint density at radius 2 is 2.33 bits per heavy atom. The smallest absolute Gasteiger partial charge is 0.297 e. The monoisotopic (exact) mass is 249 g/mol. The van der Waals surface area contributed by atoms with Crippen molar-refractivity contribution in [2.75, 3.05) is 6.54 Å². The van der Waals surface area contributed by atoms with Crippen LogP contribution in [0.3, 0.4) is 0 Å². The number of rotatable bonds is 3. The molecule has 0 radical (unpaired) electrons. The molecule has 0 saturated heterocycles. The average molecular weight is 249 g/mol. The molecule has 0 saturated carbocycles. The van der Waals surface area contributed by atoms with Gasteiger partial charge < -0.3 is 10.5 Å². The van der Waals surface area contributed by atoms with Crippen molar-refractivity contribution in [3.05, 3.63) is 39.3 Å². The lowest BCUT2D eigenvalue weighted by Gasteiger charge is -1.97. The Morgan fingerprint density at radius 3 is 2.94 bits per heavy atom. The molecule has 94 valence electrons. The lowest BCUT2D eigenvalue weighted by Crippen LogP contribution is -2.25. The average Bonchev–Trinajstić information content (AvgIpc) is 2.27.